The third-order valence-electron chi connectivity index (χ3n) is 4.58. The topological polar surface area (TPSA) is 32.3 Å². The molecule has 1 aliphatic heterocycles. The van der Waals surface area contributed by atoms with E-state index in [2.05, 4.69) is 19.2 Å². The zero-order valence-electron chi connectivity index (χ0n) is 10.8. The Labute approximate surface area is 99.8 Å². The van der Waals surface area contributed by atoms with Gasteiger partial charge in [-0.2, -0.15) is 0 Å². The van der Waals surface area contributed by atoms with E-state index in [4.69, 9.17) is 0 Å². The minimum atomic E-state index is -0.369. The van der Waals surface area contributed by atoms with Crippen LogP contribution in [-0.4, -0.2) is 22.8 Å². The lowest BCUT2D eigenvalue weighted by molar-refractivity contribution is -0.0899. The molecular weight excluding hydrogens is 198 g/mol. The van der Waals surface area contributed by atoms with Gasteiger partial charge in [-0.1, -0.05) is 32.6 Å². The van der Waals surface area contributed by atoms with Gasteiger partial charge < -0.3 is 10.4 Å². The molecule has 0 amide bonds. The molecule has 94 valence electrons. The number of hydrogen-bond donors (Lipinski definition) is 2. The van der Waals surface area contributed by atoms with Gasteiger partial charge in [0, 0.05) is 18.0 Å². The van der Waals surface area contributed by atoms with Crippen LogP contribution in [0.4, 0.5) is 0 Å². The van der Waals surface area contributed by atoms with E-state index in [1.807, 2.05) is 0 Å². The van der Waals surface area contributed by atoms with Crippen LogP contribution in [0.25, 0.3) is 0 Å². The fourth-order valence-corrected chi connectivity index (χ4v) is 3.85. The van der Waals surface area contributed by atoms with Crippen LogP contribution in [0.3, 0.4) is 0 Å². The predicted octanol–water partition coefficient (Wildman–Crippen LogP) is 2.85. The van der Waals surface area contributed by atoms with Crippen LogP contribution in [-0.2, 0) is 0 Å². The first-order valence-corrected chi connectivity index (χ1v) is 7.14. The molecule has 1 heterocycles. The third-order valence-corrected chi connectivity index (χ3v) is 4.58. The summed E-state index contributed by atoms with van der Waals surface area (Å²) in [5.74, 6) is 0.518. The minimum absolute atomic E-state index is 0.369. The summed E-state index contributed by atoms with van der Waals surface area (Å²) in [6.45, 7) is 4.44. The van der Waals surface area contributed by atoms with Crippen LogP contribution in [0.2, 0.25) is 0 Å². The van der Waals surface area contributed by atoms with E-state index in [1.165, 1.54) is 38.5 Å². The van der Waals surface area contributed by atoms with Crippen molar-refractivity contribution < 1.29 is 5.11 Å². The second-order valence-corrected chi connectivity index (χ2v) is 5.98. The molecule has 2 fully saturated rings. The molecule has 1 saturated heterocycles. The summed E-state index contributed by atoms with van der Waals surface area (Å²) < 4.78 is 0. The summed E-state index contributed by atoms with van der Waals surface area (Å²) in [7, 11) is 0. The minimum Gasteiger partial charge on any atom is -0.389 e. The molecule has 2 nitrogen and oxygen atoms in total. The van der Waals surface area contributed by atoms with E-state index in [1.54, 1.807) is 0 Å². The first-order chi connectivity index (χ1) is 7.65. The first kappa shape index (κ1) is 12.4. The van der Waals surface area contributed by atoms with Gasteiger partial charge in [-0.25, -0.2) is 0 Å². The molecule has 0 radical (unpaired) electrons. The Balaban J connectivity index is 2.07. The fraction of sp³-hybridized carbons (Fsp3) is 1.00. The van der Waals surface area contributed by atoms with Crippen molar-refractivity contribution >= 4 is 0 Å². The molecule has 16 heavy (non-hydrogen) atoms. The van der Waals surface area contributed by atoms with Crippen LogP contribution in [0.1, 0.15) is 65.2 Å². The first-order valence-electron chi connectivity index (χ1n) is 7.14. The fourth-order valence-electron chi connectivity index (χ4n) is 3.85. The molecule has 4 atom stereocenters. The Kier molecular flexibility index (Phi) is 3.91. The zero-order valence-corrected chi connectivity index (χ0v) is 10.8. The molecule has 0 aromatic rings. The summed E-state index contributed by atoms with van der Waals surface area (Å²) in [5, 5.41) is 14.6. The molecular formula is C14H27NO. The molecule has 2 N–H and O–H groups in total. The maximum atomic E-state index is 10.9. The maximum Gasteiger partial charge on any atom is 0.0705 e. The van der Waals surface area contributed by atoms with E-state index < -0.39 is 0 Å². The van der Waals surface area contributed by atoms with Crippen LogP contribution in [0.15, 0.2) is 0 Å². The normalized spacial score (nSPS) is 44.1. The number of hydrogen-bond acceptors (Lipinski definition) is 2. The SMILES string of the molecule is CCCC[C@@]1(O)C[C@@H](C)N[C@H]2CCCC[C@@H]21. The molecule has 0 unspecified atom stereocenters. The quantitative estimate of drug-likeness (QED) is 0.774. The summed E-state index contributed by atoms with van der Waals surface area (Å²) in [5.41, 5.74) is -0.369. The van der Waals surface area contributed by atoms with Crippen molar-refractivity contribution in [3.63, 3.8) is 0 Å². The molecule has 0 aromatic heterocycles. The molecule has 0 spiro atoms. The van der Waals surface area contributed by atoms with Gasteiger partial charge in [-0.3, -0.25) is 0 Å². The van der Waals surface area contributed by atoms with Crippen molar-refractivity contribution in [2.24, 2.45) is 5.92 Å². The largest absolute Gasteiger partial charge is 0.389 e. The van der Waals surface area contributed by atoms with Crippen LogP contribution in [0, 0.1) is 5.92 Å². The number of unbranched alkanes of at least 4 members (excludes halogenated alkanes) is 1. The summed E-state index contributed by atoms with van der Waals surface area (Å²) in [4.78, 5) is 0. The maximum absolute atomic E-state index is 10.9. The molecule has 2 rings (SSSR count). The number of aliphatic hydroxyl groups is 1. The van der Waals surface area contributed by atoms with Crippen molar-refractivity contribution in [1.82, 2.24) is 5.32 Å². The second kappa shape index (κ2) is 5.05. The summed E-state index contributed by atoms with van der Waals surface area (Å²) >= 11 is 0. The lowest BCUT2D eigenvalue weighted by atomic mass is 9.66. The number of fused-ring (bicyclic) bond motifs is 1. The van der Waals surface area contributed by atoms with Crippen LogP contribution in [0.5, 0.6) is 0 Å². The lowest BCUT2D eigenvalue weighted by Crippen LogP contribution is -2.60. The predicted molar refractivity (Wildman–Crippen MR) is 67.4 cm³/mol. The van der Waals surface area contributed by atoms with Crippen molar-refractivity contribution in [3.8, 4) is 0 Å². The standard InChI is InChI=1S/C14H27NO/c1-3-4-9-14(16)10-11(2)15-13-8-6-5-7-12(13)14/h11-13,15-16H,3-10H2,1-2H3/t11-,12+,13+,14-/m1/s1. The van der Waals surface area contributed by atoms with Crippen molar-refractivity contribution in [2.75, 3.05) is 0 Å². The van der Waals surface area contributed by atoms with Crippen molar-refractivity contribution in [3.05, 3.63) is 0 Å². The van der Waals surface area contributed by atoms with Gasteiger partial charge >= 0.3 is 0 Å². The lowest BCUT2D eigenvalue weighted by Gasteiger charge is -2.50. The highest BCUT2D eigenvalue weighted by Crippen LogP contribution is 2.41. The summed E-state index contributed by atoms with van der Waals surface area (Å²) in [6.07, 6.45) is 9.48. The van der Waals surface area contributed by atoms with E-state index in [0.29, 0.717) is 18.0 Å². The highest BCUT2D eigenvalue weighted by molar-refractivity contribution is 5.01. The molecule has 0 aromatic carbocycles. The molecule has 0 bridgehead atoms. The van der Waals surface area contributed by atoms with Crippen molar-refractivity contribution in [2.45, 2.75) is 82.9 Å². The summed E-state index contributed by atoms with van der Waals surface area (Å²) in [6, 6.07) is 1.07. The van der Waals surface area contributed by atoms with Crippen LogP contribution >= 0.6 is 0 Å². The van der Waals surface area contributed by atoms with Gasteiger partial charge in [-0.05, 0) is 32.6 Å². The van der Waals surface area contributed by atoms with E-state index >= 15 is 0 Å². The average Bonchev–Trinajstić information content (AvgIpc) is 2.26. The van der Waals surface area contributed by atoms with Gasteiger partial charge in [0.05, 0.1) is 5.60 Å². The highest BCUT2D eigenvalue weighted by atomic mass is 16.3. The Hall–Kier alpha value is -0.0800. The Bertz CT molecular complexity index is 231. The molecule has 2 aliphatic rings. The second-order valence-electron chi connectivity index (χ2n) is 5.98. The van der Waals surface area contributed by atoms with Gasteiger partial charge in [-0.15, -0.1) is 0 Å². The Morgan fingerprint density at radius 1 is 1.31 bits per heavy atom. The van der Waals surface area contributed by atoms with Gasteiger partial charge in [0.2, 0.25) is 0 Å². The van der Waals surface area contributed by atoms with Crippen molar-refractivity contribution in [1.29, 1.82) is 0 Å². The van der Waals surface area contributed by atoms with E-state index in [-0.39, 0.29) is 5.60 Å². The molecule has 1 saturated carbocycles. The monoisotopic (exact) mass is 225 g/mol. The van der Waals surface area contributed by atoms with E-state index in [0.717, 1.165) is 12.8 Å². The number of piperidine rings is 1. The zero-order chi connectivity index (χ0) is 11.6. The molecule has 1 aliphatic carbocycles. The molecule has 2 heteroatoms. The van der Waals surface area contributed by atoms with Gasteiger partial charge in [0.25, 0.3) is 0 Å². The third kappa shape index (κ3) is 2.43. The number of rotatable bonds is 3. The van der Waals surface area contributed by atoms with Gasteiger partial charge in [0.15, 0.2) is 0 Å². The Morgan fingerprint density at radius 3 is 2.81 bits per heavy atom. The van der Waals surface area contributed by atoms with E-state index in [9.17, 15) is 5.11 Å². The smallest absolute Gasteiger partial charge is 0.0705 e. The number of nitrogens with one attached hydrogen (secondary N) is 1. The van der Waals surface area contributed by atoms with Crippen LogP contribution < -0.4 is 5.32 Å². The average molecular weight is 225 g/mol. The highest BCUT2D eigenvalue weighted by Gasteiger charge is 2.46. The Morgan fingerprint density at radius 2 is 2.06 bits per heavy atom. The van der Waals surface area contributed by atoms with Gasteiger partial charge in [0.1, 0.15) is 0 Å².